The maximum atomic E-state index is 12.0. The highest BCUT2D eigenvalue weighted by atomic mass is 16.1. The second-order valence-electron chi connectivity index (χ2n) is 5.12. The summed E-state index contributed by atoms with van der Waals surface area (Å²) >= 11 is 0. The van der Waals surface area contributed by atoms with Crippen molar-refractivity contribution in [1.82, 2.24) is 9.97 Å². The van der Waals surface area contributed by atoms with Gasteiger partial charge in [-0.1, -0.05) is 17.7 Å². The predicted octanol–water partition coefficient (Wildman–Crippen LogP) is 3.78. The number of aromatic nitrogens is 2. The van der Waals surface area contributed by atoms with Crippen molar-refractivity contribution in [2.45, 2.75) is 6.92 Å². The normalized spacial score (nSPS) is 10.1. The van der Waals surface area contributed by atoms with Crippen LogP contribution in [0.2, 0.25) is 0 Å². The lowest BCUT2D eigenvalue weighted by Crippen LogP contribution is -2.13. The first-order valence-electron chi connectivity index (χ1n) is 7.22. The molecule has 0 aliphatic heterocycles. The third-order valence-electron chi connectivity index (χ3n) is 3.27. The summed E-state index contributed by atoms with van der Waals surface area (Å²) in [5.74, 6) is 0.262. The van der Waals surface area contributed by atoms with Crippen molar-refractivity contribution in [3.05, 3.63) is 78.2 Å². The van der Waals surface area contributed by atoms with Crippen LogP contribution in [0.5, 0.6) is 0 Å². The highest BCUT2D eigenvalue weighted by molar-refractivity contribution is 6.03. The number of benzene rings is 1. The number of aryl methyl sites for hydroxylation is 1. The van der Waals surface area contributed by atoms with Crippen molar-refractivity contribution in [1.29, 1.82) is 0 Å². The minimum absolute atomic E-state index is 0.232. The maximum absolute atomic E-state index is 12.0. The number of carbonyl (C=O) groups is 1. The van der Waals surface area contributed by atoms with E-state index < -0.39 is 0 Å². The van der Waals surface area contributed by atoms with Crippen LogP contribution in [0.3, 0.4) is 0 Å². The molecule has 5 nitrogen and oxygen atoms in total. The van der Waals surface area contributed by atoms with Gasteiger partial charge in [0, 0.05) is 18.1 Å². The molecular formula is C18H16N4O. The third-order valence-corrected chi connectivity index (χ3v) is 3.27. The van der Waals surface area contributed by atoms with Gasteiger partial charge in [-0.3, -0.25) is 9.78 Å². The van der Waals surface area contributed by atoms with Crippen LogP contribution in [0.15, 0.2) is 67.1 Å². The topological polar surface area (TPSA) is 66.9 Å². The number of hydrogen-bond donors (Lipinski definition) is 2. The SMILES string of the molecule is Cc1ccc(Nc2ccc(NC(=O)c3cccnc3)nc2)cc1. The van der Waals surface area contributed by atoms with Gasteiger partial charge in [-0.2, -0.15) is 0 Å². The highest BCUT2D eigenvalue weighted by Gasteiger charge is 2.06. The molecule has 3 aromatic rings. The van der Waals surface area contributed by atoms with Gasteiger partial charge >= 0.3 is 0 Å². The number of pyridine rings is 2. The predicted molar refractivity (Wildman–Crippen MR) is 90.9 cm³/mol. The quantitative estimate of drug-likeness (QED) is 0.769. The van der Waals surface area contributed by atoms with E-state index in [-0.39, 0.29) is 5.91 Å². The summed E-state index contributed by atoms with van der Waals surface area (Å²) in [6.07, 6.45) is 4.82. The number of nitrogens with zero attached hydrogens (tertiary/aromatic N) is 2. The molecule has 0 aliphatic carbocycles. The standard InChI is InChI=1S/C18H16N4O/c1-13-4-6-15(7-5-13)21-16-8-9-17(20-12-16)22-18(23)14-3-2-10-19-11-14/h2-12,21H,1H3,(H,20,22,23). The van der Waals surface area contributed by atoms with Gasteiger partial charge in [0.05, 0.1) is 17.4 Å². The Balaban J connectivity index is 1.65. The number of anilines is 3. The lowest BCUT2D eigenvalue weighted by atomic mass is 10.2. The second-order valence-corrected chi connectivity index (χ2v) is 5.12. The number of carbonyl (C=O) groups excluding carboxylic acids is 1. The number of rotatable bonds is 4. The molecule has 1 aromatic carbocycles. The van der Waals surface area contributed by atoms with E-state index in [2.05, 4.69) is 20.6 Å². The lowest BCUT2D eigenvalue weighted by molar-refractivity contribution is 0.102. The Labute approximate surface area is 134 Å². The largest absolute Gasteiger partial charge is 0.354 e. The molecule has 2 heterocycles. The van der Waals surface area contributed by atoms with E-state index in [0.717, 1.165) is 11.4 Å². The summed E-state index contributed by atoms with van der Waals surface area (Å²) in [4.78, 5) is 20.2. The lowest BCUT2D eigenvalue weighted by Gasteiger charge is -2.08. The molecule has 0 saturated carbocycles. The first kappa shape index (κ1) is 14.7. The second kappa shape index (κ2) is 6.70. The van der Waals surface area contributed by atoms with E-state index in [4.69, 9.17) is 0 Å². The summed E-state index contributed by atoms with van der Waals surface area (Å²) in [7, 11) is 0. The average molecular weight is 304 g/mol. The smallest absolute Gasteiger partial charge is 0.258 e. The minimum atomic E-state index is -0.232. The summed E-state index contributed by atoms with van der Waals surface area (Å²) in [5.41, 5.74) is 3.55. The molecule has 0 saturated heterocycles. The van der Waals surface area contributed by atoms with E-state index in [1.807, 2.05) is 37.3 Å². The monoisotopic (exact) mass is 304 g/mol. The van der Waals surface area contributed by atoms with Crippen LogP contribution in [0.25, 0.3) is 0 Å². The Morgan fingerprint density at radius 2 is 1.74 bits per heavy atom. The Bertz CT molecular complexity index is 784. The molecule has 0 unspecified atom stereocenters. The van der Waals surface area contributed by atoms with Crippen molar-refractivity contribution >= 4 is 23.1 Å². The molecule has 0 fully saturated rings. The molecule has 0 spiro atoms. The van der Waals surface area contributed by atoms with Gasteiger partial charge < -0.3 is 10.6 Å². The van der Waals surface area contributed by atoms with Crippen molar-refractivity contribution in [3.8, 4) is 0 Å². The third kappa shape index (κ3) is 3.91. The van der Waals surface area contributed by atoms with E-state index in [1.165, 1.54) is 11.8 Å². The Morgan fingerprint density at radius 3 is 2.39 bits per heavy atom. The van der Waals surface area contributed by atoms with E-state index in [1.54, 1.807) is 30.6 Å². The Hall–Kier alpha value is -3.21. The number of nitrogens with one attached hydrogen (secondary N) is 2. The zero-order valence-electron chi connectivity index (χ0n) is 12.7. The summed E-state index contributed by atoms with van der Waals surface area (Å²) in [5, 5.41) is 6.00. The van der Waals surface area contributed by atoms with Crippen LogP contribution >= 0.6 is 0 Å². The molecule has 23 heavy (non-hydrogen) atoms. The number of amides is 1. The van der Waals surface area contributed by atoms with Crippen LogP contribution < -0.4 is 10.6 Å². The fourth-order valence-corrected chi connectivity index (χ4v) is 2.03. The van der Waals surface area contributed by atoms with Crippen molar-refractivity contribution in [3.63, 3.8) is 0 Å². The molecule has 2 aromatic heterocycles. The summed E-state index contributed by atoms with van der Waals surface area (Å²) in [6, 6.07) is 15.1. The molecule has 0 aliphatic rings. The van der Waals surface area contributed by atoms with Crippen molar-refractivity contribution in [2.75, 3.05) is 10.6 Å². The molecule has 0 radical (unpaired) electrons. The molecular weight excluding hydrogens is 288 g/mol. The summed E-state index contributed by atoms with van der Waals surface area (Å²) in [6.45, 7) is 2.05. The van der Waals surface area contributed by atoms with Crippen LogP contribution in [0.1, 0.15) is 15.9 Å². The van der Waals surface area contributed by atoms with Gasteiger partial charge in [0.2, 0.25) is 0 Å². The Kier molecular flexibility index (Phi) is 4.29. The van der Waals surface area contributed by atoms with Gasteiger partial charge in [-0.15, -0.1) is 0 Å². The van der Waals surface area contributed by atoms with E-state index in [0.29, 0.717) is 11.4 Å². The molecule has 0 bridgehead atoms. The zero-order valence-corrected chi connectivity index (χ0v) is 12.7. The molecule has 114 valence electrons. The highest BCUT2D eigenvalue weighted by Crippen LogP contribution is 2.17. The zero-order chi connectivity index (χ0) is 16.1. The van der Waals surface area contributed by atoms with E-state index in [9.17, 15) is 4.79 Å². The minimum Gasteiger partial charge on any atom is -0.354 e. The first-order chi connectivity index (χ1) is 11.2. The fourth-order valence-electron chi connectivity index (χ4n) is 2.03. The molecule has 2 N–H and O–H groups in total. The van der Waals surface area contributed by atoms with Crippen LogP contribution in [0, 0.1) is 6.92 Å². The van der Waals surface area contributed by atoms with Crippen LogP contribution in [-0.2, 0) is 0 Å². The average Bonchev–Trinajstić information content (AvgIpc) is 2.59. The maximum Gasteiger partial charge on any atom is 0.258 e. The van der Waals surface area contributed by atoms with Crippen molar-refractivity contribution < 1.29 is 4.79 Å². The summed E-state index contributed by atoms with van der Waals surface area (Å²) < 4.78 is 0. The van der Waals surface area contributed by atoms with Crippen molar-refractivity contribution in [2.24, 2.45) is 0 Å². The van der Waals surface area contributed by atoms with Crippen LogP contribution in [-0.4, -0.2) is 15.9 Å². The van der Waals surface area contributed by atoms with Crippen LogP contribution in [0.4, 0.5) is 17.2 Å². The molecule has 0 atom stereocenters. The Morgan fingerprint density at radius 1 is 0.957 bits per heavy atom. The van der Waals surface area contributed by atoms with Gasteiger partial charge in [0.15, 0.2) is 0 Å². The molecule has 5 heteroatoms. The molecule has 1 amide bonds. The van der Waals surface area contributed by atoms with E-state index >= 15 is 0 Å². The molecule has 3 rings (SSSR count). The van der Waals surface area contributed by atoms with Gasteiger partial charge in [0.25, 0.3) is 5.91 Å². The van der Waals surface area contributed by atoms with Gasteiger partial charge in [-0.25, -0.2) is 4.98 Å². The van der Waals surface area contributed by atoms with Gasteiger partial charge in [0.1, 0.15) is 5.82 Å². The number of hydrogen-bond acceptors (Lipinski definition) is 4. The first-order valence-corrected chi connectivity index (χ1v) is 7.22. The van der Waals surface area contributed by atoms with Gasteiger partial charge in [-0.05, 0) is 43.3 Å². The fraction of sp³-hybridized carbons (Fsp3) is 0.0556.